The summed E-state index contributed by atoms with van der Waals surface area (Å²) in [4.78, 5) is 6.70. The van der Waals surface area contributed by atoms with Gasteiger partial charge in [-0.05, 0) is 50.2 Å². The van der Waals surface area contributed by atoms with E-state index >= 15 is 0 Å². The van der Waals surface area contributed by atoms with Crippen molar-refractivity contribution in [2.45, 2.75) is 38.8 Å². The maximum absolute atomic E-state index is 12.8. The molecule has 118 valence electrons. The molecule has 0 atom stereocenters. The number of ether oxygens (including phenoxy) is 1. The first-order valence-electron chi connectivity index (χ1n) is 7.72. The fraction of sp³-hybridized carbons (Fsp3) is 0.500. The van der Waals surface area contributed by atoms with E-state index in [0.717, 1.165) is 13.1 Å². The minimum Gasteiger partial charge on any atom is -0.485 e. The number of aromatic nitrogens is 2. The molecule has 0 saturated carbocycles. The monoisotopic (exact) mass is 305 g/mol. The molecule has 0 N–H and O–H groups in total. The Morgan fingerprint density at radius 2 is 1.82 bits per heavy atom. The van der Waals surface area contributed by atoms with Crippen LogP contribution in [0.1, 0.15) is 37.4 Å². The molecule has 1 aromatic heterocycles. The van der Waals surface area contributed by atoms with Gasteiger partial charge in [0.1, 0.15) is 11.6 Å². The van der Waals surface area contributed by atoms with Gasteiger partial charge in [0.25, 0.3) is 0 Å². The summed E-state index contributed by atoms with van der Waals surface area (Å²) in [7, 11) is 0. The minimum absolute atomic E-state index is 0.217. The van der Waals surface area contributed by atoms with Gasteiger partial charge in [-0.1, -0.05) is 18.0 Å². The second-order valence-electron chi connectivity index (χ2n) is 5.54. The third-order valence-electron chi connectivity index (χ3n) is 3.75. The molecule has 1 aromatic carbocycles. The van der Waals surface area contributed by atoms with Gasteiger partial charge in [0, 0.05) is 0 Å². The van der Waals surface area contributed by atoms with Gasteiger partial charge in [0.05, 0.1) is 6.54 Å². The largest absolute Gasteiger partial charge is 0.485 e. The first kappa shape index (κ1) is 15.0. The minimum atomic E-state index is -0.286. The molecule has 1 aliphatic rings. The fourth-order valence-corrected chi connectivity index (χ4v) is 2.58. The maximum atomic E-state index is 12.8. The van der Waals surface area contributed by atoms with Crippen LogP contribution in [-0.2, 0) is 13.2 Å². The topological polar surface area (TPSA) is 51.4 Å². The van der Waals surface area contributed by atoms with Gasteiger partial charge in [-0.15, -0.1) is 0 Å². The van der Waals surface area contributed by atoms with E-state index < -0.39 is 0 Å². The number of nitrogens with zero attached hydrogens (tertiary/aromatic N) is 3. The summed E-state index contributed by atoms with van der Waals surface area (Å²) in [5.41, 5.74) is 0. The standard InChI is InChI=1S/C16H20FN3O2/c17-13-5-7-14(8-6-13)21-12-15-18-16(22-19-15)11-20-9-3-1-2-4-10-20/h5-8H,1-4,9-12H2. The summed E-state index contributed by atoms with van der Waals surface area (Å²) in [5.74, 6) is 1.43. The van der Waals surface area contributed by atoms with Crippen LogP contribution in [0.5, 0.6) is 5.75 Å². The average molecular weight is 305 g/mol. The Labute approximate surface area is 129 Å². The van der Waals surface area contributed by atoms with E-state index in [1.165, 1.54) is 37.8 Å². The third-order valence-corrected chi connectivity index (χ3v) is 3.75. The highest BCUT2D eigenvalue weighted by Gasteiger charge is 2.14. The number of halogens is 1. The van der Waals surface area contributed by atoms with Crippen LogP contribution in [0.25, 0.3) is 0 Å². The van der Waals surface area contributed by atoms with E-state index in [0.29, 0.717) is 24.0 Å². The van der Waals surface area contributed by atoms with E-state index in [2.05, 4.69) is 15.0 Å². The molecule has 1 aliphatic heterocycles. The van der Waals surface area contributed by atoms with Crippen molar-refractivity contribution in [3.05, 3.63) is 41.8 Å². The Morgan fingerprint density at radius 3 is 2.55 bits per heavy atom. The van der Waals surface area contributed by atoms with Crippen LogP contribution in [0.15, 0.2) is 28.8 Å². The quantitative estimate of drug-likeness (QED) is 0.849. The maximum Gasteiger partial charge on any atom is 0.240 e. The van der Waals surface area contributed by atoms with Crippen LogP contribution in [0.3, 0.4) is 0 Å². The molecule has 0 unspecified atom stereocenters. The smallest absolute Gasteiger partial charge is 0.240 e. The predicted octanol–water partition coefficient (Wildman–Crippen LogP) is 3.16. The van der Waals surface area contributed by atoms with Gasteiger partial charge >= 0.3 is 0 Å². The normalized spacial score (nSPS) is 16.4. The molecule has 2 heterocycles. The zero-order valence-electron chi connectivity index (χ0n) is 12.5. The number of hydrogen-bond donors (Lipinski definition) is 0. The first-order valence-corrected chi connectivity index (χ1v) is 7.72. The Bertz CT molecular complexity index is 577. The summed E-state index contributed by atoms with van der Waals surface area (Å²) in [6, 6.07) is 5.87. The Morgan fingerprint density at radius 1 is 1.09 bits per heavy atom. The summed E-state index contributed by atoms with van der Waals surface area (Å²) < 4.78 is 23.6. The van der Waals surface area contributed by atoms with Gasteiger partial charge in [0.15, 0.2) is 6.61 Å². The fourth-order valence-electron chi connectivity index (χ4n) is 2.58. The molecule has 6 heteroatoms. The SMILES string of the molecule is Fc1ccc(OCc2noc(CN3CCCCCC3)n2)cc1. The predicted molar refractivity (Wildman–Crippen MR) is 78.8 cm³/mol. The van der Waals surface area contributed by atoms with E-state index in [-0.39, 0.29) is 12.4 Å². The first-order chi connectivity index (χ1) is 10.8. The molecule has 0 amide bonds. The molecule has 3 rings (SSSR count). The lowest BCUT2D eigenvalue weighted by Crippen LogP contribution is -2.24. The highest BCUT2D eigenvalue weighted by Crippen LogP contribution is 2.14. The van der Waals surface area contributed by atoms with E-state index in [1.54, 1.807) is 12.1 Å². The zero-order valence-corrected chi connectivity index (χ0v) is 12.5. The van der Waals surface area contributed by atoms with E-state index in [4.69, 9.17) is 9.26 Å². The van der Waals surface area contributed by atoms with Crippen molar-refractivity contribution >= 4 is 0 Å². The lowest BCUT2D eigenvalue weighted by Gasteiger charge is -2.16. The second-order valence-corrected chi connectivity index (χ2v) is 5.54. The summed E-state index contributed by atoms with van der Waals surface area (Å²) >= 11 is 0. The lowest BCUT2D eigenvalue weighted by atomic mass is 10.2. The van der Waals surface area contributed by atoms with Gasteiger partial charge in [-0.25, -0.2) is 4.39 Å². The third kappa shape index (κ3) is 4.27. The highest BCUT2D eigenvalue weighted by molar-refractivity contribution is 5.22. The van der Waals surface area contributed by atoms with E-state index in [9.17, 15) is 4.39 Å². The molecule has 0 bridgehead atoms. The number of rotatable bonds is 5. The van der Waals surface area contributed by atoms with Crippen molar-refractivity contribution in [2.75, 3.05) is 13.1 Å². The van der Waals surface area contributed by atoms with Crippen LogP contribution in [0, 0.1) is 5.82 Å². The van der Waals surface area contributed by atoms with Gasteiger partial charge < -0.3 is 9.26 Å². The van der Waals surface area contributed by atoms with Crippen molar-refractivity contribution in [3.63, 3.8) is 0 Å². The van der Waals surface area contributed by atoms with Gasteiger partial charge in [0.2, 0.25) is 11.7 Å². The average Bonchev–Trinajstić information content (AvgIpc) is 2.81. The van der Waals surface area contributed by atoms with Crippen molar-refractivity contribution in [1.29, 1.82) is 0 Å². The molecule has 5 nitrogen and oxygen atoms in total. The molecule has 0 radical (unpaired) electrons. The zero-order chi connectivity index (χ0) is 15.2. The molecule has 0 aliphatic carbocycles. The van der Waals surface area contributed by atoms with Crippen LogP contribution in [0.2, 0.25) is 0 Å². The Balaban J connectivity index is 1.51. The summed E-state index contributed by atoms with van der Waals surface area (Å²) in [5, 5.41) is 3.93. The molecule has 2 aromatic rings. The lowest BCUT2D eigenvalue weighted by molar-refractivity contribution is 0.232. The second kappa shape index (κ2) is 7.35. The summed E-state index contributed by atoms with van der Waals surface area (Å²) in [6.07, 6.45) is 5.07. The van der Waals surface area contributed by atoms with Crippen LogP contribution < -0.4 is 4.74 Å². The molecule has 0 spiro atoms. The molecule has 1 fully saturated rings. The molecule has 22 heavy (non-hydrogen) atoms. The number of hydrogen-bond acceptors (Lipinski definition) is 5. The Hall–Kier alpha value is -1.95. The van der Waals surface area contributed by atoms with Crippen LogP contribution >= 0.6 is 0 Å². The van der Waals surface area contributed by atoms with Gasteiger partial charge in [-0.2, -0.15) is 4.98 Å². The molecular weight excluding hydrogens is 285 g/mol. The van der Waals surface area contributed by atoms with Crippen LogP contribution in [-0.4, -0.2) is 28.1 Å². The molecule has 1 saturated heterocycles. The van der Waals surface area contributed by atoms with Crippen molar-refractivity contribution in [3.8, 4) is 5.75 Å². The molecular formula is C16H20FN3O2. The highest BCUT2D eigenvalue weighted by atomic mass is 19.1. The number of benzene rings is 1. The van der Waals surface area contributed by atoms with Crippen molar-refractivity contribution < 1.29 is 13.7 Å². The Kier molecular flexibility index (Phi) is 5.00. The van der Waals surface area contributed by atoms with Crippen LogP contribution in [0.4, 0.5) is 4.39 Å². The van der Waals surface area contributed by atoms with Gasteiger partial charge in [-0.3, -0.25) is 4.90 Å². The van der Waals surface area contributed by atoms with E-state index in [1.807, 2.05) is 0 Å². The number of likely N-dealkylation sites (tertiary alicyclic amines) is 1. The van der Waals surface area contributed by atoms with Crippen molar-refractivity contribution in [2.24, 2.45) is 0 Å². The summed E-state index contributed by atoms with van der Waals surface area (Å²) in [6.45, 7) is 3.09. The van der Waals surface area contributed by atoms with Crippen molar-refractivity contribution in [1.82, 2.24) is 15.0 Å².